The van der Waals surface area contributed by atoms with Gasteiger partial charge in [-0.05, 0) is 57.1 Å². The maximum Gasteiger partial charge on any atom is 0.237 e. The van der Waals surface area contributed by atoms with Crippen molar-refractivity contribution in [1.82, 2.24) is 20.2 Å². The average Bonchev–Trinajstić information content (AvgIpc) is 3.11. The first-order valence-corrected chi connectivity index (χ1v) is 9.65. The van der Waals surface area contributed by atoms with Crippen LogP contribution in [-0.4, -0.2) is 45.9 Å². The molecule has 2 aliphatic carbocycles. The van der Waals surface area contributed by atoms with Gasteiger partial charge in [-0.3, -0.25) is 9.69 Å². The molecule has 1 saturated heterocycles. The van der Waals surface area contributed by atoms with Crippen molar-refractivity contribution in [3.8, 4) is 0 Å². The molecule has 0 radical (unpaired) electrons. The second-order valence-corrected chi connectivity index (χ2v) is 7.60. The molecule has 1 N–H and O–H groups in total. The molecule has 5 nitrogen and oxygen atoms in total. The molecule has 2 saturated carbocycles. The van der Waals surface area contributed by atoms with Crippen LogP contribution in [0.15, 0.2) is 12.4 Å². The van der Waals surface area contributed by atoms with Crippen molar-refractivity contribution in [3.05, 3.63) is 23.8 Å². The lowest BCUT2D eigenvalue weighted by molar-refractivity contribution is -0.126. The fourth-order valence-corrected chi connectivity index (χ4v) is 4.24. The van der Waals surface area contributed by atoms with E-state index >= 15 is 0 Å². The van der Waals surface area contributed by atoms with E-state index in [1.807, 2.05) is 12.4 Å². The zero-order chi connectivity index (χ0) is 16.4. The minimum Gasteiger partial charge on any atom is -0.354 e. The molecule has 4 rings (SSSR count). The summed E-state index contributed by atoms with van der Waals surface area (Å²) in [6.07, 6.45) is 14.5. The lowest BCUT2D eigenvalue weighted by Gasteiger charge is -2.29. The van der Waals surface area contributed by atoms with Crippen LogP contribution >= 0.6 is 0 Å². The Hall–Kier alpha value is -1.49. The fourth-order valence-electron chi connectivity index (χ4n) is 4.24. The molecule has 0 aromatic carbocycles. The summed E-state index contributed by atoms with van der Waals surface area (Å²) in [4.78, 5) is 23.9. The Kier molecular flexibility index (Phi) is 4.79. The van der Waals surface area contributed by atoms with Gasteiger partial charge in [0.1, 0.15) is 5.82 Å². The third-order valence-corrected chi connectivity index (χ3v) is 5.77. The second-order valence-electron chi connectivity index (χ2n) is 7.60. The summed E-state index contributed by atoms with van der Waals surface area (Å²) < 4.78 is 0. The maximum absolute atomic E-state index is 12.6. The fraction of sp³-hybridized carbons (Fsp3) is 0.737. The molecule has 1 aromatic heterocycles. The Morgan fingerprint density at radius 1 is 1.08 bits per heavy atom. The van der Waals surface area contributed by atoms with Gasteiger partial charge >= 0.3 is 0 Å². The van der Waals surface area contributed by atoms with Crippen molar-refractivity contribution in [3.63, 3.8) is 0 Å². The van der Waals surface area contributed by atoms with Gasteiger partial charge in [-0.15, -0.1) is 0 Å². The van der Waals surface area contributed by atoms with Crippen LogP contribution in [0.4, 0.5) is 0 Å². The van der Waals surface area contributed by atoms with E-state index < -0.39 is 0 Å². The normalized spacial score (nSPS) is 25.2. The maximum atomic E-state index is 12.6. The zero-order valence-corrected chi connectivity index (χ0v) is 14.4. The number of rotatable bonds is 6. The van der Waals surface area contributed by atoms with Gasteiger partial charge in [0.25, 0.3) is 0 Å². The number of nitrogens with zero attached hydrogens (tertiary/aromatic N) is 3. The van der Waals surface area contributed by atoms with Gasteiger partial charge in [0.15, 0.2) is 0 Å². The molecule has 0 spiro atoms. The summed E-state index contributed by atoms with van der Waals surface area (Å²) in [5.74, 6) is 1.80. The van der Waals surface area contributed by atoms with Crippen LogP contribution in [0, 0.1) is 0 Å². The SMILES string of the molecule is O=C(NCCc1cnc(C2CC2)nc1)C1CCCN1C1CCCC1. The van der Waals surface area contributed by atoms with E-state index in [0.717, 1.165) is 37.2 Å². The Morgan fingerprint density at radius 2 is 1.83 bits per heavy atom. The lowest BCUT2D eigenvalue weighted by atomic mass is 10.1. The third-order valence-electron chi connectivity index (χ3n) is 5.77. The van der Waals surface area contributed by atoms with Crippen molar-refractivity contribution in [2.24, 2.45) is 0 Å². The number of carbonyl (C=O) groups excluding carboxylic acids is 1. The molecular weight excluding hydrogens is 300 g/mol. The highest BCUT2D eigenvalue weighted by Gasteiger charge is 2.36. The van der Waals surface area contributed by atoms with E-state index in [1.165, 1.54) is 38.5 Å². The molecule has 24 heavy (non-hydrogen) atoms. The lowest BCUT2D eigenvalue weighted by Crippen LogP contribution is -2.47. The largest absolute Gasteiger partial charge is 0.354 e. The van der Waals surface area contributed by atoms with Gasteiger partial charge in [0.2, 0.25) is 5.91 Å². The quantitative estimate of drug-likeness (QED) is 0.871. The monoisotopic (exact) mass is 328 g/mol. The first-order valence-electron chi connectivity index (χ1n) is 9.65. The number of likely N-dealkylation sites (tertiary alicyclic amines) is 1. The molecular formula is C19H28N4O. The number of nitrogens with one attached hydrogen (secondary N) is 1. The first kappa shape index (κ1) is 16.0. The van der Waals surface area contributed by atoms with Gasteiger partial charge in [-0.1, -0.05) is 12.8 Å². The van der Waals surface area contributed by atoms with E-state index in [9.17, 15) is 4.79 Å². The molecule has 3 fully saturated rings. The number of amides is 1. The summed E-state index contributed by atoms with van der Waals surface area (Å²) in [6, 6.07) is 0.744. The number of carbonyl (C=O) groups is 1. The van der Waals surface area contributed by atoms with Gasteiger partial charge in [0, 0.05) is 30.9 Å². The topological polar surface area (TPSA) is 58.1 Å². The standard InChI is InChI=1S/C19H28N4O/c24-19(17-6-3-11-23(17)16-4-1-2-5-16)20-10-9-14-12-21-18(22-13-14)15-7-8-15/h12-13,15-17H,1-11H2,(H,20,24). The van der Waals surface area contributed by atoms with Crippen LogP contribution in [0.3, 0.4) is 0 Å². The summed E-state index contributed by atoms with van der Waals surface area (Å²) in [6.45, 7) is 1.78. The molecule has 2 heterocycles. The van der Waals surface area contributed by atoms with Crippen molar-refractivity contribution >= 4 is 5.91 Å². The predicted molar refractivity (Wildman–Crippen MR) is 92.7 cm³/mol. The summed E-state index contributed by atoms with van der Waals surface area (Å²) in [5.41, 5.74) is 1.11. The molecule has 1 aliphatic heterocycles. The molecule has 0 bridgehead atoms. The molecule has 1 atom stereocenters. The highest BCUT2D eigenvalue weighted by Crippen LogP contribution is 2.37. The van der Waals surface area contributed by atoms with Crippen LogP contribution in [0.5, 0.6) is 0 Å². The van der Waals surface area contributed by atoms with E-state index in [4.69, 9.17) is 0 Å². The molecule has 5 heteroatoms. The Bertz CT molecular complexity index is 563. The van der Waals surface area contributed by atoms with Crippen LogP contribution in [0.25, 0.3) is 0 Å². The highest BCUT2D eigenvalue weighted by molar-refractivity contribution is 5.82. The minimum absolute atomic E-state index is 0.0987. The minimum atomic E-state index is 0.0987. The molecule has 1 amide bonds. The second kappa shape index (κ2) is 7.18. The molecule has 1 unspecified atom stereocenters. The summed E-state index contributed by atoms with van der Waals surface area (Å²) in [5, 5.41) is 3.14. The third kappa shape index (κ3) is 3.61. The highest BCUT2D eigenvalue weighted by atomic mass is 16.2. The summed E-state index contributed by atoms with van der Waals surface area (Å²) in [7, 11) is 0. The van der Waals surface area contributed by atoms with Gasteiger partial charge in [-0.2, -0.15) is 0 Å². The average molecular weight is 328 g/mol. The first-order chi connectivity index (χ1) is 11.8. The van der Waals surface area contributed by atoms with Crippen LogP contribution < -0.4 is 5.32 Å². The van der Waals surface area contributed by atoms with Crippen LogP contribution in [0.2, 0.25) is 0 Å². The van der Waals surface area contributed by atoms with E-state index in [-0.39, 0.29) is 11.9 Å². The van der Waals surface area contributed by atoms with Crippen molar-refractivity contribution in [1.29, 1.82) is 0 Å². The Labute approximate surface area is 144 Å². The number of hydrogen-bond acceptors (Lipinski definition) is 4. The smallest absolute Gasteiger partial charge is 0.237 e. The number of hydrogen-bond donors (Lipinski definition) is 1. The summed E-state index contributed by atoms with van der Waals surface area (Å²) >= 11 is 0. The Balaban J connectivity index is 1.25. The number of aromatic nitrogens is 2. The van der Waals surface area contributed by atoms with E-state index in [0.29, 0.717) is 18.5 Å². The van der Waals surface area contributed by atoms with Crippen molar-refractivity contribution in [2.45, 2.75) is 75.8 Å². The van der Waals surface area contributed by atoms with Crippen molar-refractivity contribution in [2.75, 3.05) is 13.1 Å². The molecule has 130 valence electrons. The van der Waals surface area contributed by atoms with Gasteiger partial charge in [0.05, 0.1) is 6.04 Å². The van der Waals surface area contributed by atoms with Crippen LogP contribution in [-0.2, 0) is 11.2 Å². The van der Waals surface area contributed by atoms with Crippen molar-refractivity contribution < 1.29 is 4.79 Å². The van der Waals surface area contributed by atoms with E-state index in [1.54, 1.807) is 0 Å². The van der Waals surface area contributed by atoms with Gasteiger partial charge < -0.3 is 5.32 Å². The zero-order valence-electron chi connectivity index (χ0n) is 14.4. The van der Waals surface area contributed by atoms with Crippen LogP contribution in [0.1, 0.15) is 68.7 Å². The molecule has 3 aliphatic rings. The molecule has 1 aromatic rings. The predicted octanol–water partition coefficient (Wildman–Crippen LogP) is 2.42. The van der Waals surface area contributed by atoms with E-state index in [2.05, 4.69) is 20.2 Å². The van der Waals surface area contributed by atoms with Gasteiger partial charge in [-0.25, -0.2) is 9.97 Å². The Morgan fingerprint density at radius 3 is 2.54 bits per heavy atom.